The van der Waals surface area contributed by atoms with E-state index >= 15 is 0 Å². The lowest BCUT2D eigenvalue weighted by Crippen LogP contribution is -2.16. The number of benzene rings is 3. The predicted octanol–water partition coefficient (Wildman–Crippen LogP) is 4.18. The summed E-state index contributed by atoms with van der Waals surface area (Å²) in [6, 6.07) is 23.3. The van der Waals surface area contributed by atoms with Crippen molar-refractivity contribution in [3.05, 3.63) is 77.9 Å². The molecular weight excluding hydrogens is 270 g/mol. The Morgan fingerprint density at radius 2 is 1.64 bits per heavy atom. The second-order valence-corrected chi connectivity index (χ2v) is 5.42. The third-order valence-corrected chi connectivity index (χ3v) is 3.91. The topological polar surface area (TPSA) is 21.3 Å². The van der Waals surface area contributed by atoms with Crippen molar-refractivity contribution in [2.24, 2.45) is 0 Å². The fraction of sp³-hybridized carbons (Fsp3) is 0.200. The minimum Gasteiger partial charge on any atom is -0.496 e. The van der Waals surface area contributed by atoms with Crippen LogP contribution < -0.4 is 10.1 Å². The Balaban J connectivity index is 1.56. The largest absolute Gasteiger partial charge is 0.496 e. The highest BCUT2D eigenvalue weighted by molar-refractivity contribution is 5.82. The first-order valence-electron chi connectivity index (χ1n) is 7.67. The molecule has 2 heteroatoms. The molecule has 0 fully saturated rings. The van der Waals surface area contributed by atoms with E-state index in [0.29, 0.717) is 0 Å². The first-order valence-corrected chi connectivity index (χ1v) is 7.67. The molecule has 0 atom stereocenters. The molecule has 0 bridgehead atoms. The van der Waals surface area contributed by atoms with Gasteiger partial charge in [-0.05, 0) is 47.0 Å². The molecule has 0 aliphatic heterocycles. The standard InChI is InChI=1S/C20H21NO/c1-22-20-9-5-4-7-18(20)12-13-21-15-16-10-11-17-6-2-3-8-19(17)14-16/h2-11,14,21H,12-13,15H2,1H3. The maximum atomic E-state index is 5.38. The van der Waals surface area contributed by atoms with Gasteiger partial charge in [0.1, 0.15) is 5.75 Å². The number of hydrogen-bond donors (Lipinski definition) is 1. The zero-order valence-electron chi connectivity index (χ0n) is 12.9. The van der Waals surface area contributed by atoms with Crippen molar-refractivity contribution in [1.82, 2.24) is 5.32 Å². The molecule has 2 nitrogen and oxygen atoms in total. The number of para-hydroxylation sites is 1. The van der Waals surface area contributed by atoms with Gasteiger partial charge in [0, 0.05) is 6.54 Å². The van der Waals surface area contributed by atoms with Crippen LogP contribution in [0.5, 0.6) is 5.75 Å². The average molecular weight is 291 g/mol. The predicted molar refractivity (Wildman–Crippen MR) is 92.4 cm³/mol. The lowest BCUT2D eigenvalue weighted by molar-refractivity contribution is 0.409. The zero-order chi connectivity index (χ0) is 15.2. The molecular formula is C20H21NO. The van der Waals surface area contributed by atoms with Crippen molar-refractivity contribution in [3.63, 3.8) is 0 Å². The van der Waals surface area contributed by atoms with Crippen molar-refractivity contribution in [2.75, 3.05) is 13.7 Å². The summed E-state index contributed by atoms with van der Waals surface area (Å²) in [7, 11) is 1.72. The summed E-state index contributed by atoms with van der Waals surface area (Å²) in [6.07, 6.45) is 0.970. The SMILES string of the molecule is COc1ccccc1CCNCc1ccc2ccccc2c1. The van der Waals surface area contributed by atoms with Crippen molar-refractivity contribution < 1.29 is 4.74 Å². The Bertz CT molecular complexity index is 751. The summed E-state index contributed by atoms with van der Waals surface area (Å²) in [5.74, 6) is 0.968. The molecule has 0 saturated carbocycles. The molecule has 0 aliphatic carbocycles. The minimum atomic E-state index is 0.889. The van der Waals surface area contributed by atoms with Crippen molar-refractivity contribution in [1.29, 1.82) is 0 Å². The molecule has 3 aromatic rings. The highest BCUT2D eigenvalue weighted by Crippen LogP contribution is 2.18. The van der Waals surface area contributed by atoms with Gasteiger partial charge in [-0.1, -0.05) is 54.6 Å². The van der Waals surface area contributed by atoms with Crippen molar-refractivity contribution >= 4 is 10.8 Å². The summed E-state index contributed by atoms with van der Waals surface area (Å²) in [5, 5.41) is 6.10. The monoisotopic (exact) mass is 291 g/mol. The van der Waals surface area contributed by atoms with Crippen LogP contribution in [0.4, 0.5) is 0 Å². The molecule has 0 radical (unpaired) electrons. The second-order valence-electron chi connectivity index (χ2n) is 5.42. The van der Waals surface area contributed by atoms with Crippen LogP contribution in [0.1, 0.15) is 11.1 Å². The van der Waals surface area contributed by atoms with Crippen LogP contribution in [0, 0.1) is 0 Å². The van der Waals surface area contributed by atoms with Gasteiger partial charge in [-0.2, -0.15) is 0 Å². The van der Waals surface area contributed by atoms with Crippen LogP contribution in [0.2, 0.25) is 0 Å². The van der Waals surface area contributed by atoms with Gasteiger partial charge >= 0.3 is 0 Å². The van der Waals surface area contributed by atoms with Crippen molar-refractivity contribution in [3.8, 4) is 5.75 Å². The fourth-order valence-corrected chi connectivity index (χ4v) is 2.71. The molecule has 112 valence electrons. The number of rotatable bonds is 6. The van der Waals surface area contributed by atoms with E-state index in [-0.39, 0.29) is 0 Å². The highest BCUT2D eigenvalue weighted by atomic mass is 16.5. The van der Waals surface area contributed by atoms with Gasteiger partial charge in [0.25, 0.3) is 0 Å². The van der Waals surface area contributed by atoms with E-state index in [0.717, 1.165) is 25.3 Å². The lowest BCUT2D eigenvalue weighted by Gasteiger charge is -2.09. The summed E-state index contributed by atoms with van der Waals surface area (Å²) < 4.78 is 5.38. The highest BCUT2D eigenvalue weighted by Gasteiger charge is 2.01. The Morgan fingerprint density at radius 1 is 0.864 bits per heavy atom. The van der Waals surface area contributed by atoms with E-state index in [1.54, 1.807) is 7.11 Å². The van der Waals surface area contributed by atoms with Crippen LogP contribution in [0.15, 0.2) is 66.7 Å². The van der Waals surface area contributed by atoms with Crippen LogP contribution in [-0.4, -0.2) is 13.7 Å². The third-order valence-electron chi connectivity index (χ3n) is 3.91. The van der Waals surface area contributed by atoms with E-state index in [1.165, 1.54) is 21.9 Å². The molecule has 0 amide bonds. The Kier molecular flexibility index (Phi) is 4.71. The van der Waals surface area contributed by atoms with E-state index in [9.17, 15) is 0 Å². The first-order chi connectivity index (χ1) is 10.9. The summed E-state index contributed by atoms with van der Waals surface area (Å²) in [6.45, 7) is 1.83. The average Bonchev–Trinajstić information content (AvgIpc) is 2.59. The van der Waals surface area contributed by atoms with Gasteiger partial charge in [-0.25, -0.2) is 0 Å². The second kappa shape index (κ2) is 7.10. The number of methoxy groups -OCH3 is 1. The maximum Gasteiger partial charge on any atom is 0.122 e. The first kappa shape index (κ1) is 14.6. The van der Waals surface area contributed by atoms with Crippen LogP contribution >= 0.6 is 0 Å². The molecule has 3 rings (SSSR count). The Hall–Kier alpha value is -2.32. The van der Waals surface area contributed by atoms with E-state index in [2.05, 4.69) is 59.9 Å². The van der Waals surface area contributed by atoms with Gasteiger partial charge in [-0.15, -0.1) is 0 Å². The molecule has 22 heavy (non-hydrogen) atoms. The van der Waals surface area contributed by atoms with E-state index < -0.39 is 0 Å². The smallest absolute Gasteiger partial charge is 0.122 e. The van der Waals surface area contributed by atoms with E-state index in [1.807, 2.05) is 12.1 Å². The van der Waals surface area contributed by atoms with Crippen LogP contribution in [-0.2, 0) is 13.0 Å². The number of hydrogen-bond acceptors (Lipinski definition) is 2. The Labute approximate surface area is 131 Å². The zero-order valence-corrected chi connectivity index (χ0v) is 12.9. The molecule has 1 N–H and O–H groups in total. The minimum absolute atomic E-state index is 0.889. The van der Waals surface area contributed by atoms with Gasteiger partial charge in [0.15, 0.2) is 0 Å². The summed E-state index contributed by atoms with van der Waals surface area (Å²) in [4.78, 5) is 0. The number of ether oxygens (including phenoxy) is 1. The number of fused-ring (bicyclic) bond motifs is 1. The van der Waals surface area contributed by atoms with Gasteiger partial charge < -0.3 is 10.1 Å². The Morgan fingerprint density at radius 3 is 2.50 bits per heavy atom. The third kappa shape index (κ3) is 3.46. The molecule has 0 spiro atoms. The molecule has 0 heterocycles. The molecule has 3 aromatic carbocycles. The van der Waals surface area contributed by atoms with Gasteiger partial charge in [0.05, 0.1) is 7.11 Å². The molecule has 0 saturated heterocycles. The normalized spacial score (nSPS) is 10.8. The number of nitrogens with one attached hydrogen (secondary N) is 1. The van der Waals surface area contributed by atoms with Crippen LogP contribution in [0.25, 0.3) is 10.8 Å². The quantitative estimate of drug-likeness (QED) is 0.688. The fourth-order valence-electron chi connectivity index (χ4n) is 2.71. The summed E-state index contributed by atoms with van der Waals surface area (Å²) in [5.41, 5.74) is 2.56. The molecule has 0 unspecified atom stereocenters. The van der Waals surface area contributed by atoms with Gasteiger partial charge in [-0.3, -0.25) is 0 Å². The molecule has 0 aliphatic rings. The summed E-state index contributed by atoms with van der Waals surface area (Å²) >= 11 is 0. The van der Waals surface area contributed by atoms with Crippen LogP contribution in [0.3, 0.4) is 0 Å². The maximum absolute atomic E-state index is 5.38. The molecule has 0 aromatic heterocycles. The van der Waals surface area contributed by atoms with E-state index in [4.69, 9.17) is 4.74 Å². The van der Waals surface area contributed by atoms with Crippen molar-refractivity contribution in [2.45, 2.75) is 13.0 Å². The van der Waals surface area contributed by atoms with Gasteiger partial charge in [0.2, 0.25) is 0 Å². The lowest BCUT2D eigenvalue weighted by atomic mass is 10.1.